The van der Waals surface area contributed by atoms with Crippen LogP contribution in [0.15, 0.2) is 30.3 Å². The fourth-order valence-corrected chi connectivity index (χ4v) is 3.33. The fraction of sp³-hybridized carbons (Fsp3) is 0.556. The number of benzene rings is 1. The van der Waals surface area contributed by atoms with Crippen molar-refractivity contribution >= 4 is 11.9 Å². The van der Waals surface area contributed by atoms with Gasteiger partial charge >= 0.3 is 11.9 Å². The van der Waals surface area contributed by atoms with Gasteiger partial charge < -0.3 is 23.7 Å². The Kier molecular flexibility index (Phi) is 5.36. The molecule has 7 nitrogen and oxygen atoms in total. The fourth-order valence-electron chi connectivity index (χ4n) is 3.33. The van der Waals surface area contributed by atoms with E-state index in [-0.39, 0.29) is 12.5 Å². The highest BCUT2D eigenvalue weighted by Gasteiger charge is 2.62. The van der Waals surface area contributed by atoms with Gasteiger partial charge in [0.25, 0.3) is 0 Å². The maximum absolute atomic E-state index is 11.4. The summed E-state index contributed by atoms with van der Waals surface area (Å²) in [5.41, 5.74) is 1.03. The molecule has 7 heteroatoms. The van der Waals surface area contributed by atoms with E-state index in [9.17, 15) is 9.59 Å². The number of hydrogen-bond acceptors (Lipinski definition) is 7. The van der Waals surface area contributed by atoms with Crippen molar-refractivity contribution < 1.29 is 33.3 Å². The van der Waals surface area contributed by atoms with Crippen molar-refractivity contribution in [3.63, 3.8) is 0 Å². The van der Waals surface area contributed by atoms with Crippen LogP contribution in [-0.2, 0) is 39.9 Å². The molecule has 0 bridgehead atoms. The number of esters is 2. The summed E-state index contributed by atoms with van der Waals surface area (Å²) < 4.78 is 28.0. The summed E-state index contributed by atoms with van der Waals surface area (Å²) in [5.74, 6) is -2.30. The van der Waals surface area contributed by atoms with Crippen molar-refractivity contribution in [2.45, 2.75) is 45.1 Å². The van der Waals surface area contributed by atoms with E-state index in [2.05, 4.69) is 0 Å². The number of hydrogen-bond donors (Lipinski definition) is 0. The lowest BCUT2D eigenvalue weighted by Gasteiger charge is -2.27. The molecule has 0 radical (unpaired) electrons. The molecule has 2 aliphatic heterocycles. The van der Waals surface area contributed by atoms with Crippen LogP contribution < -0.4 is 0 Å². The number of fused-ring (bicyclic) bond motifs is 1. The van der Waals surface area contributed by atoms with Gasteiger partial charge in [0.05, 0.1) is 19.1 Å². The van der Waals surface area contributed by atoms with Gasteiger partial charge in [0.2, 0.25) is 12.1 Å². The molecule has 0 aliphatic carbocycles. The Labute approximate surface area is 146 Å². The molecule has 25 heavy (non-hydrogen) atoms. The van der Waals surface area contributed by atoms with Gasteiger partial charge in [-0.1, -0.05) is 30.3 Å². The van der Waals surface area contributed by atoms with Crippen LogP contribution in [0.3, 0.4) is 0 Å². The van der Waals surface area contributed by atoms with Gasteiger partial charge in [-0.15, -0.1) is 0 Å². The molecule has 4 unspecified atom stereocenters. The van der Waals surface area contributed by atoms with E-state index in [1.807, 2.05) is 30.3 Å². The lowest BCUT2D eigenvalue weighted by Crippen LogP contribution is -2.40. The van der Waals surface area contributed by atoms with Gasteiger partial charge in [0, 0.05) is 13.8 Å². The Balaban J connectivity index is 1.69. The van der Waals surface area contributed by atoms with Crippen LogP contribution in [0.25, 0.3) is 0 Å². The summed E-state index contributed by atoms with van der Waals surface area (Å²) in [6.45, 7) is 3.61. The highest BCUT2D eigenvalue weighted by atomic mass is 16.8. The van der Waals surface area contributed by atoms with Crippen molar-refractivity contribution in [3.8, 4) is 0 Å². The maximum atomic E-state index is 11.4. The topological polar surface area (TPSA) is 80.3 Å². The van der Waals surface area contributed by atoms with E-state index in [4.69, 9.17) is 23.7 Å². The van der Waals surface area contributed by atoms with Crippen LogP contribution in [0, 0.1) is 5.92 Å². The Hall–Kier alpha value is -1.96. The lowest BCUT2D eigenvalue weighted by molar-refractivity contribution is -0.279. The number of carbonyl (C=O) groups excluding carboxylic acids is 2. The normalized spacial score (nSPS) is 30.7. The van der Waals surface area contributed by atoms with Crippen molar-refractivity contribution in [1.29, 1.82) is 0 Å². The van der Waals surface area contributed by atoms with Gasteiger partial charge in [-0.05, 0) is 12.0 Å². The van der Waals surface area contributed by atoms with Crippen molar-refractivity contribution in [2.75, 3.05) is 13.2 Å². The minimum Gasteiger partial charge on any atom is -0.455 e. The molecule has 0 saturated carbocycles. The summed E-state index contributed by atoms with van der Waals surface area (Å²) in [4.78, 5) is 22.8. The van der Waals surface area contributed by atoms with E-state index in [0.717, 1.165) is 5.56 Å². The molecule has 2 saturated heterocycles. The molecule has 2 fully saturated rings. The summed E-state index contributed by atoms with van der Waals surface area (Å²) in [6, 6.07) is 9.73. The largest absolute Gasteiger partial charge is 0.455 e. The van der Waals surface area contributed by atoms with Crippen molar-refractivity contribution in [3.05, 3.63) is 35.9 Å². The van der Waals surface area contributed by atoms with Crippen LogP contribution in [0.4, 0.5) is 0 Å². The summed E-state index contributed by atoms with van der Waals surface area (Å²) >= 11 is 0. The van der Waals surface area contributed by atoms with E-state index in [0.29, 0.717) is 19.6 Å². The molecular formula is C18H22O7. The predicted octanol–water partition coefficient (Wildman–Crippen LogP) is 1.79. The molecular weight excluding hydrogens is 328 g/mol. The highest BCUT2D eigenvalue weighted by Crippen LogP contribution is 2.46. The molecule has 2 aliphatic rings. The van der Waals surface area contributed by atoms with Crippen LogP contribution in [0.5, 0.6) is 0 Å². The summed E-state index contributed by atoms with van der Waals surface area (Å²) in [7, 11) is 0. The number of rotatable bonds is 6. The molecule has 2 heterocycles. The first kappa shape index (κ1) is 17.8. The average molecular weight is 350 g/mol. The predicted molar refractivity (Wildman–Crippen MR) is 85.1 cm³/mol. The molecule has 136 valence electrons. The molecule has 4 atom stereocenters. The lowest BCUT2D eigenvalue weighted by atomic mass is 9.94. The highest BCUT2D eigenvalue weighted by molar-refractivity contribution is 5.67. The maximum Gasteiger partial charge on any atom is 0.305 e. The molecule has 1 aromatic carbocycles. The van der Waals surface area contributed by atoms with Gasteiger partial charge in [-0.3, -0.25) is 9.59 Å². The molecule has 0 N–H and O–H groups in total. The summed E-state index contributed by atoms with van der Waals surface area (Å²) in [6.07, 6.45) is -1.07. The number of ether oxygens (including phenoxy) is 5. The van der Waals surface area contributed by atoms with Gasteiger partial charge in [-0.2, -0.15) is 0 Å². The minimum atomic E-state index is -1.07. The van der Waals surface area contributed by atoms with Gasteiger partial charge in [0.15, 0.2) is 6.10 Å². The SMILES string of the molecule is CC(=O)OC1OC2(COCc3ccccc3)OCCC2C1OC(C)=O. The van der Waals surface area contributed by atoms with Crippen molar-refractivity contribution in [2.24, 2.45) is 5.92 Å². The zero-order chi connectivity index (χ0) is 17.9. The van der Waals surface area contributed by atoms with Crippen molar-refractivity contribution in [1.82, 2.24) is 0 Å². The van der Waals surface area contributed by atoms with E-state index >= 15 is 0 Å². The van der Waals surface area contributed by atoms with E-state index in [1.54, 1.807) is 0 Å². The first-order chi connectivity index (χ1) is 12.0. The second-order valence-electron chi connectivity index (χ2n) is 6.20. The van der Waals surface area contributed by atoms with Gasteiger partial charge in [-0.25, -0.2) is 0 Å². The Morgan fingerprint density at radius 2 is 1.88 bits per heavy atom. The quantitative estimate of drug-likeness (QED) is 0.724. The molecule has 0 spiro atoms. The van der Waals surface area contributed by atoms with Crippen LogP contribution in [0.1, 0.15) is 25.8 Å². The Bertz CT molecular complexity index is 617. The first-order valence-electron chi connectivity index (χ1n) is 8.28. The molecule has 3 rings (SSSR count). The average Bonchev–Trinajstić information content (AvgIpc) is 3.06. The zero-order valence-electron chi connectivity index (χ0n) is 14.3. The standard InChI is InChI=1S/C18H22O7/c1-12(19)23-16-15-8-9-22-18(15,25-17(16)24-13(2)20)11-21-10-14-6-4-3-5-7-14/h3-7,15-17H,8-11H2,1-2H3. The zero-order valence-corrected chi connectivity index (χ0v) is 14.3. The third kappa shape index (κ3) is 4.00. The smallest absolute Gasteiger partial charge is 0.305 e. The van der Waals surface area contributed by atoms with Crippen LogP contribution in [-0.4, -0.2) is 43.3 Å². The van der Waals surface area contributed by atoms with E-state index < -0.39 is 30.1 Å². The number of carbonyl (C=O) groups is 2. The minimum absolute atomic E-state index is 0.155. The third-order valence-electron chi connectivity index (χ3n) is 4.32. The second-order valence-corrected chi connectivity index (χ2v) is 6.20. The van der Waals surface area contributed by atoms with E-state index in [1.165, 1.54) is 13.8 Å². The first-order valence-corrected chi connectivity index (χ1v) is 8.28. The molecule has 1 aromatic rings. The third-order valence-corrected chi connectivity index (χ3v) is 4.32. The Morgan fingerprint density at radius 3 is 2.56 bits per heavy atom. The monoisotopic (exact) mass is 350 g/mol. The van der Waals surface area contributed by atoms with Gasteiger partial charge in [0.1, 0.15) is 6.61 Å². The molecule has 0 amide bonds. The molecule has 0 aromatic heterocycles. The van der Waals surface area contributed by atoms with Crippen LogP contribution >= 0.6 is 0 Å². The van der Waals surface area contributed by atoms with Crippen LogP contribution in [0.2, 0.25) is 0 Å². The second kappa shape index (κ2) is 7.51. The summed E-state index contributed by atoms with van der Waals surface area (Å²) in [5, 5.41) is 0. The Morgan fingerprint density at radius 1 is 1.16 bits per heavy atom.